The molecule has 1 aliphatic heterocycles. The van der Waals surface area contributed by atoms with Gasteiger partial charge in [-0.25, -0.2) is 4.79 Å². The fourth-order valence-electron chi connectivity index (χ4n) is 2.26. The second-order valence-electron chi connectivity index (χ2n) is 4.55. The highest BCUT2D eigenvalue weighted by molar-refractivity contribution is 5.89. The molecular formula is C13H18N2O2. The molecule has 1 atom stereocenters. The van der Waals surface area contributed by atoms with E-state index in [0.717, 1.165) is 25.2 Å². The minimum atomic E-state index is -0.844. The molecule has 4 heteroatoms. The van der Waals surface area contributed by atoms with Crippen LogP contribution < -0.4 is 5.32 Å². The van der Waals surface area contributed by atoms with E-state index in [4.69, 9.17) is 5.11 Å². The topological polar surface area (TPSA) is 52.6 Å². The highest BCUT2D eigenvalue weighted by Gasteiger charge is 2.17. The molecule has 0 aliphatic carbocycles. The van der Waals surface area contributed by atoms with Gasteiger partial charge in [-0.2, -0.15) is 0 Å². The summed E-state index contributed by atoms with van der Waals surface area (Å²) in [5.74, 6) is -0.844. The number of carboxylic acid groups (broad SMARTS) is 1. The summed E-state index contributed by atoms with van der Waals surface area (Å²) < 4.78 is 0. The van der Waals surface area contributed by atoms with Crippen molar-refractivity contribution in [2.75, 3.05) is 19.6 Å². The molecule has 2 N–H and O–H groups in total. The third kappa shape index (κ3) is 3.05. The molecule has 1 unspecified atom stereocenters. The van der Waals surface area contributed by atoms with Crippen LogP contribution in [0.15, 0.2) is 24.3 Å². The quantitative estimate of drug-likeness (QED) is 0.824. The summed E-state index contributed by atoms with van der Waals surface area (Å²) >= 11 is 0. The summed E-state index contributed by atoms with van der Waals surface area (Å²) in [5.41, 5.74) is 1.31. The second-order valence-corrected chi connectivity index (χ2v) is 4.55. The van der Waals surface area contributed by atoms with Crippen molar-refractivity contribution in [2.45, 2.75) is 19.5 Å². The van der Waals surface area contributed by atoms with Gasteiger partial charge < -0.3 is 10.4 Å². The van der Waals surface area contributed by atoms with Crippen LogP contribution in [0, 0.1) is 0 Å². The van der Waals surface area contributed by atoms with E-state index in [1.807, 2.05) is 12.1 Å². The van der Waals surface area contributed by atoms with E-state index < -0.39 is 5.97 Å². The molecule has 0 aromatic heterocycles. The Bertz CT molecular complexity index is 406. The van der Waals surface area contributed by atoms with Gasteiger partial charge in [-0.1, -0.05) is 18.2 Å². The minimum Gasteiger partial charge on any atom is -0.478 e. The van der Waals surface area contributed by atoms with E-state index in [9.17, 15) is 4.79 Å². The van der Waals surface area contributed by atoms with Gasteiger partial charge in [0.1, 0.15) is 0 Å². The normalized spacial score (nSPS) is 21.4. The van der Waals surface area contributed by atoms with Crippen LogP contribution in [0.5, 0.6) is 0 Å². The second kappa shape index (κ2) is 5.29. The van der Waals surface area contributed by atoms with Crippen LogP contribution in [0.3, 0.4) is 0 Å². The molecule has 2 rings (SSSR count). The number of benzene rings is 1. The Balaban J connectivity index is 2.10. The lowest BCUT2D eigenvalue weighted by molar-refractivity contribution is 0.0694. The van der Waals surface area contributed by atoms with Crippen molar-refractivity contribution in [1.29, 1.82) is 0 Å². The zero-order valence-corrected chi connectivity index (χ0v) is 10.0. The Morgan fingerprint density at radius 3 is 3.00 bits per heavy atom. The first kappa shape index (κ1) is 12.1. The maximum atomic E-state index is 11.1. The van der Waals surface area contributed by atoms with E-state index in [1.165, 1.54) is 0 Å². The van der Waals surface area contributed by atoms with Gasteiger partial charge in [0.25, 0.3) is 0 Å². The molecule has 1 aromatic carbocycles. The molecule has 1 fully saturated rings. The van der Waals surface area contributed by atoms with Crippen molar-refractivity contribution < 1.29 is 9.90 Å². The lowest BCUT2D eigenvalue weighted by Gasteiger charge is -2.32. The maximum absolute atomic E-state index is 11.1. The Morgan fingerprint density at radius 2 is 2.29 bits per heavy atom. The van der Waals surface area contributed by atoms with Crippen LogP contribution >= 0.6 is 0 Å². The number of hydrogen-bond acceptors (Lipinski definition) is 3. The summed E-state index contributed by atoms with van der Waals surface area (Å²) in [6.45, 7) is 5.77. The van der Waals surface area contributed by atoms with Crippen LogP contribution in [-0.2, 0) is 6.54 Å². The lowest BCUT2D eigenvalue weighted by Crippen LogP contribution is -2.48. The molecule has 1 aliphatic rings. The van der Waals surface area contributed by atoms with Gasteiger partial charge in [0.2, 0.25) is 0 Å². The van der Waals surface area contributed by atoms with Crippen LogP contribution in [0.2, 0.25) is 0 Å². The van der Waals surface area contributed by atoms with Crippen molar-refractivity contribution in [3.05, 3.63) is 35.4 Å². The highest BCUT2D eigenvalue weighted by atomic mass is 16.4. The number of nitrogens with one attached hydrogen (secondary N) is 1. The number of nitrogens with zero attached hydrogens (tertiary/aromatic N) is 1. The molecule has 0 spiro atoms. The van der Waals surface area contributed by atoms with Crippen molar-refractivity contribution in [3.63, 3.8) is 0 Å². The molecule has 0 amide bonds. The smallest absolute Gasteiger partial charge is 0.336 e. The first-order valence-electron chi connectivity index (χ1n) is 5.94. The summed E-state index contributed by atoms with van der Waals surface area (Å²) in [6.07, 6.45) is 0. The van der Waals surface area contributed by atoms with Gasteiger partial charge in [-0.3, -0.25) is 4.90 Å². The third-order valence-corrected chi connectivity index (χ3v) is 3.09. The molecule has 0 saturated carbocycles. The third-order valence-electron chi connectivity index (χ3n) is 3.09. The fraction of sp³-hybridized carbons (Fsp3) is 0.462. The zero-order valence-electron chi connectivity index (χ0n) is 10.0. The molecule has 0 bridgehead atoms. The van der Waals surface area contributed by atoms with Gasteiger partial charge in [0.05, 0.1) is 5.56 Å². The molecule has 1 heterocycles. The first-order chi connectivity index (χ1) is 8.16. The number of piperazine rings is 1. The van der Waals surface area contributed by atoms with E-state index in [-0.39, 0.29) is 0 Å². The van der Waals surface area contributed by atoms with Crippen LogP contribution in [0.4, 0.5) is 0 Å². The SMILES string of the molecule is CC1CN(Cc2ccccc2C(=O)O)CCN1. The zero-order chi connectivity index (χ0) is 12.3. The van der Waals surface area contributed by atoms with Gasteiger partial charge in [0, 0.05) is 32.2 Å². The van der Waals surface area contributed by atoms with Crippen molar-refractivity contribution in [2.24, 2.45) is 0 Å². The van der Waals surface area contributed by atoms with Gasteiger partial charge in [0.15, 0.2) is 0 Å². The highest BCUT2D eigenvalue weighted by Crippen LogP contribution is 2.13. The largest absolute Gasteiger partial charge is 0.478 e. The van der Waals surface area contributed by atoms with Crippen LogP contribution in [0.25, 0.3) is 0 Å². The standard InChI is InChI=1S/C13H18N2O2/c1-10-8-15(7-6-14-10)9-11-4-2-3-5-12(11)13(16)17/h2-5,10,14H,6-9H2,1H3,(H,16,17). The van der Waals surface area contributed by atoms with Crippen LogP contribution in [-0.4, -0.2) is 41.7 Å². The predicted molar refractivity (Wildman–Crippen MR) is 66.1 cm³/mol. The molecule has 4 nitrogen and oxygen atoms in total. The average Bonchev–Trinajstić information content (AvgIpc) is 2.29. The van der Waals surface area contributed by atoms with E-state index in [1.54, 1.807) is 12.1 Å². The van der Waals surface area contributed by atoms with Crippen molar-refractivity contribution >= 4 is 5.97 Å². The molecule has 92 valence electrons. The average molecular weight is 234 g/mol. The monoisotopic (exact) mass is 234 g/mol. The number of hydrogen-bond donors (Lipinski definition) is 2. The summed E-state index contributed by atoms with van der Waals surface area (Å²) in [6, 6.07) is 7.71. The van der Waals surface area contributed by atoms with E-state index >= 15 is 0 Å². The van der Waals surface area contributed by atoms with Gasteiger partial charge in [-0.15, -0.1) is 0 Å². The fourth-order valence-corrected chi connectivity index (χ4v) is 2.26. The summed E-state index contributed by atoms with van der Waals surface area (Å²) in [4.78, 5) is 13.4. The van der Waals surface area contributed by atoms with Gasteiger partial charge >= 0.3 is 5.97 Å². The summed E-state index contributed by atoms with van der Waals surface area (Å²) in [7, 11) is 0. The Kier molecular flexibility index (Phi) is 3.76. The lowest BCUT2D eigenvalue weighted by atomic mass is 10.1. The first-order valence-corrected chi connectivity index (χ1v) is 5.94. The van der Waals surface area contributed by atoms with E-state index in [0.29, 0.717) is 18.2 Å². The number of carboxylic acids is 1. The van der Waals surface area contributed by atoms with Crippen LogP contribution in [0.1, 0.15) is 22.8 Å². The van der Waals surface area contributed by atoms with Gasteiger partial charge in [-0.05, 0) is 18.6 Å². The maximum Gasteiger partial charge on any atom is 0.336 e. The Morgan fingerprint density at radius 1 is 1.53 bits per heavy atom. The molecule has 1 saturated heterocycles. The number of aromatic carboxylic acids is 1. The summed E-state index contributed by atoms with van der Waals surface area (Å²) in [5, 5.41) is 12.5. The van der Waals surface area contributed by atoms with Crippen molar-refractivity contribution in [3.8, 4) is 0 Å². The number of carbonyl (C=O) groups is 1. The Labute approximate surface area is 101 Å². The predicted octanol–water partition coefficient (Wildman–Crippen LogP) is 1.18. The van der Waals surface area contributed by atoms with Crippen molar-refractivity contribution in [1.82, 2.24) is 10.2 Å². The molecule has 1 aromatic rings. The molecule has 17 heavy (non-hydrogen) atoms. The number of rotatable bonds is 3. The van der Waals surface area contributed by atoms with E-state index in [2.05, 4.69) is 17.1 Å². The minimum absolute atomic E-state index is 0.415. The molecule has 0 radical (unpaired) electrons. The Hall–Kier alpha value is -1.39. The molecular weight excluding hydrogens is 216 g/mol.